The number of nitrogens with zero attached hydrogens (tertiary/aromatic N) is 1. The first-order chi connectivity index (χ1) is 10.1. The minimum Gasteiger partial charge on any atom is -0.277 e. The quantitative estimate of drug-likeness (QED) is 0.644. The van der Waals surface area contributed by atoms with Crippen molar-refractivity contribution in [1.29, 1.82) is 0 Å². The van der Waals surface area contributed by atoms with Crippen LogP contribution in [0.3, 0.4) is 0 Å². The number of rotatable bonds is 0. The molecule has 0 radical (unpaired) electrons. The molecular formula is C15H9ClN2O2S. The van der Waals surface area contributed by atoms with E-state index in [0.717, 1.165) is 10.9 Å². The van der Waals surface area contributed by atoms with Crippen molar-refractivity contribution < 1.29 is 8.42 Å². The van der Waals surface area contributed by atoms with E-state index >= 15 is 0 Å². The summed E-state index contributed by atoms with van der Waals surface area (Å²) < 4.78 is 27.4. The van der Waals surface area contributed by atoms with Gasteiger partial charge >= 0.3 is 0 Å². The van der Waals surface area contributed by atoms with Crippen molar-refractivity contribution >= 4 is 38.2 Å². The molecule has 21 heavy (non-hydrogen) atoms. The fraction of sp³-hybridized carbons (Fsp3) is 0. The van der Waals surface area contributed by atoms with Gasteiger partial charge in [0.1, 0.15) is 5.15 Å². The first-order valence-electron chi connectivity index (χ1n) is 6.28. The monoisotopic (exact) mass is 316 g/mol. The van der Waals surface area contributed by atoms with Gasteiger partial charge in [-0.05, 0) is 18.2 Å². The zero-order valence-corrected chi connectivity index (χ0v) is 12.2. The smallest absolute Gasteiger partial charge is 0.262 e. The van der Waals surface area contributed by atoms with E-state index in [4.69, 9.17) is 11.6 Å². The van der Waals surface area contributed by atoms with Gasteiger partial charge in [0, 0.05) is 16.5 Å². The molecule has 3 aromatic rings. The second-order valence-corrected chi connectivity index (χ2v) is 6.83. The largest absolute Gasteiger partial charge is 0.277 e. The van der Waals surface area contributed by atoms with Crippen molar-refractivity contribution in [2.75, 3.05) is 4.72 Å². The fourth-order valence-corrected chi connectivity index (χ4v) is 4.06. The molecule has 1 aliphatic rings. The highest BCUT2D eigenvalue weighted by Crippen LogP contribution is 2.42. The van der Waals surface area contributed by atoms with E-state index < -0.39 is 10.0 Å². The van der Waals surface area contributed by atoms with Crippen LogP contribution in [-0.4, -0.2) is 13.4 Å². The maximum atomic E-state index is 12.4. The number of hydrogen-bond donors (Lipinski definition) is 1. The third-order valence-electron chi connectivity index (χ3n) is 3.53. The number of aromatic nitrogens is 1. The van der Waals surface area contributed by atoms with Crippen LogP contribution in [0.15, 0.2) is 53.4 Å². The van der Waals surface area contributed by atoms with Crippen LogP contribution in [0.4, 0.5) is 5.69 Å². The van der Waals surface area contributed by atoms with E-state index in [9.17, 15) is 8.42 Å². The summed E-state index contributed by atoms with van der Waals surface area (Å²) >= 11 is 5.94. The average Bonchev–Trinajstić information content (AvgIpc) is 2.47. The molecule has 0 bridgehead atoms. The molecule has 1 aliphatic heterocycles. The summed E-state index contributed by atoms with van der Waals surface area (Å²) in [6.45, 7) is 0. The normalized spacial score (nSPS) is 15.1. The Balaban J connectivity index is 2.17. The summed E-state index contributed by atoms with van der Waals surface area (Å²) in [6.07, 6.45) is 0. The van der Waals surface area contributed by atoms with E-state index in [0.29, 0.717) is 21.9 Å². The number of hydrogen-bond acceptors (Lipinski definition) is 3. The third kappa shape index (κ3) is 1.81. The van der Waals surface area contributed by atoms with Gasteiger partial charge in [0.2, 0.25) is 0 Å². The molecule has 0 atom stereocenters. The van der Waals surface area contributed by atoms with Gasteiger partial charge in [-0.15, -0.1) is 0 Å². The fourth-order valence-electron chi connectivity index (χ4n) is 2.61. The zero-order valence-electron chi connectivity index (χ0n) is 10.7. The summed E-state index contributed by atoms with van der Waals surface area (Å²) in [5, 5.41) is 1.16. The van der Waals surface area contributed by atoms with E-state index in [2.05, 4.69) is 9.71 Å². The lowest BCUT2D eigenvalue weighted by atomic mass is 10.0. The van der Waals surface area contributed by atoms with E-state index in [1.165, 1.54) is 0 Å². The van der Waals surface area contributed by atoms with E-state index in [-0.39, 0.29) is 4.90 Å². The van der Waals surface area contributed by atoms with Crippen molar-refractivity contribution in [3.63, 3.8) is 0 Å². The molecule has 0 fully saturated rings. The van der Waals surface area contributed by atoms with Crippen LogP contribution in [-0.2, 0) is 10.0 Å². The molecule has 0 saturated carbocycles. The van der Waals surface area contributed by atoms with Gasteiger partial charge in [0.15, 0.2) is 0 Å². The molecule has 1 N–H and O–H groups in total. The van der Waals surface area contributed by atoms with Gasteiger partial charge in [-0.3, -0.25) is 4.72 Å². The molecule has 4 rings (SSSR count). The molecular weight excluding hydrogens is 308 g/mol. The number of nitrogens with one attached hydrogen (secondary N) is 1. The minimum absolute atomic E-state index is 0.277. The Morgan fingerprint density at radius 1 is 0.952 bits per heavy atom. The summed E-state index contributed by atoms with van der Waals surface area (Å²) in [4.78, 5) is 4.54. The highest BCUT2D eigenvalue weighted by Gasteiger charge is 2.28. The predicted octanol–water partition coefficient (Wildman–Crippen LogP) is 3.67. The van der Waals surface area contributed by atoms with Crippen LogP contribution >= 0.6 is 11.6 Å². The second-order valence-electron chi connectivity index (χ2n) is 4.80. The Morgan fingerprint density at radius 3 is 2.57 bits per heavy atom. The Labute approximate surface area is 126 Å². The molecule has 2 aromatic carbocycles. The average molecular weight is 317 g/mol. The molecule has 0 unspecified atom stereocenters. The van der Waals surface area contributed by atoms with Crippen molar-refractivity contribution in [3.8, 4) is 11.1 Å². The molecule has 0 spiro atoms. The van der Waals surface area contributed by atoms with Crippen molar-refractivity contribution in [3.05, 3.63) is 53.7 Å². The summed E-state index contributed by atoms with van der Waals surface area (Å²) in [7, 11) is -3.59. The number of sulfonamides is 1. The third-order valence-corrected chi connectivity index (χ3v) is 5.15. The Morgan fingerprint density at radius 2 is 1.71 bits per heavy atom. The Hall–Kier alpha value is -2.11. The Bertz CT molecular complexity index is 1000. The maximum absolute atomic E-state index is 12.4. The molecule has 0 saturated heterocycles. The molecule has 0 aliphatic carbocycles. The topological polar surface area (TPSA) is 59.1 Å². The lowest BCUT2D eigenvalue weighted by Crippen LogP contribution is -2.19. The van der Waals surface area contributed by atoms with Gasteiger partial charge in [-0.1, -0.05) is 41.9 Å². The van der Waals surface area contributed by atoms with Gasteiger partial charge < -0.3 is 0 Å². The lowest BCUT2D eigenvalue weighted by molar-refractivity contribution is 0.601. The molecule has 6 heteroatoms. The zero-order chi connectivity index (χ0) is 14.6. The Kier molecular flexibility index (Phi) is 2.52. The van der Waals surface area contributed by atoms with E-state index in [1.807, 2.05) is 24.3 Å². The van der Waals surface area contributed by atoms with Gasteiger partial charge in [0.05, 0.1) is 16.1 Å². The summed E-state index contributed by atoms with van der Waals surface area (Å²) in [5.41, 5.74) is 2.52. The maximum Gasteiger partial charge on any atom is 0.262 e. The molecule has 2 heterocycles. The molecule has 104 valence electrons. The van der Waals surface area contributed by atoms with Crippen molar-refractivity contribution in [1.82, 2.24) is 4.98 Å². The van der Waals surface area contributed by atoms with Gasteiger partial charge in [-0.2, -0.15) is 0 Å². The lowest BCUT2D eigenvalue weighted by Gasteiger charge is -2.22. The van der Waals surface area contributed by atoms with Crippen LogP contribution in [0, 0.1) is 0 Å². The number of pyridine rings is 1. The molecule has 4 nitrogen and oxygen atoms in total. The summed E-state index contributed by atoms with van der Waals surface area (Å²) in [5.74, 6) is 0. The highest BCUT2D eigenvalue weighted by atomic mass is 35.5. The van der Waals surface area contributed by atoms with Crippen LogP contribution in [0.2, 0.25) is 5.15 Å². The van der Waals surface area contributed by atoms with E-state index in [1.54, 1.807) is 24.3 Å². The van der Waals surface area contributed by atoms with Gasteiger partial charge in [-0.25, -0.2) is 13.4 Å². The van der Waals surface area contributed by atoms with Gasteiger partial charge in [0.25, 0.3) is 10.0 Å². The van der Waals surface area contributed by atoms with Crippen LogP contribution in [0.25, 0.3) is 22.0 Å². The first kappa shape index (κ1) is 12.6. The second kappa shape index (κ2) is 4.19. The minimum atomic E-state index is -3.59. The number of anilines is 1. The first-order valence-corrected chi connectivity index (χ1v) is 8.14. The van der Waals surface area contributed by atoms with Crippen molar-refractivity contribution in [2.45, 2.75) is 4.90 Å². The highest BCUT2D eigenvalue weighted by molar-refractivity contribution is 7.93. The number of benzene rings is 2. The number of fused-ring (bicyclic) bond motifs is 5. The standard InChI is InChI=1S/C15H9ClN2O2S/c16-13-8-6-9-5-7-11-10-3-1-2-4-12(10)21(19,20)18-15(11)14(9)17-13/h1-8,18H. The molecule has 0 amide bonds. The SMILES string of the molecule is O=S1(=O)Nc2c(ccc3ccc(Cl)nc23)-c2ccccc21. The van der Waals surface area contributed by atoms with Crippen LogP contribution in [0.1, 0.15) is 0 Å². The summed E-state index contributed by atoms with van der Waals surface area (Å²) in [6, 6.07) is 14.2. The van der Waals surface area contributed by atoms with Crippen LogP contribution < -0.4 is 4.72 Å². The predicted molar refractivity (Wildman–Crippen MR) is 83.0 cm³/mol. The molecule has 1 aromatic heterocycles. The van der Waals surface area contributed by atoms with Crippen molar-refractivity contribution in [2.24, 2.45) is 0 Å². The van der Waals surface area contributed by atoms with Crippen LogP contribution in [0.5, 0.6) is 0 Å². The number of halogens is 1.